The number of carbonyl (C=O) groups is 1. The van der Waals surface area contributed by atoms with Crippen LogP contribution in [0.1, 0.15) is 25.7 Å². The molecule has 0 spiro atoms. The highest BCUT2D eigenvalue weighted by Crippen LogP contribution is 2.33. The second-order valence-corrected chi connectivity index (χ2v) is 4.92. The summed E-state index contributed by atoms with van der Waals surface area (Å²) in [5.74, 6) is -0.762. The van der Waals surface area contributed by atoms with Gasteiger partial charge in [0, 0.05) is 32.2 Å². The minimum absolute atomic E-state index is 0.104. The Hall–Kier alpha value is -0.650. The number of carboxylic acids is 1. The second-order valence-electron chi connectivity index (χ2n) is 4.92. The smallest absolute Gasteiger partial charge is 0.304 e. The zero-order chi connectivity index (χ0) is 12.7. The molecule has 0 bridgehead atoms. The SMILES string of the molecule is COCC[C@@]1(CO)CCCN(CCC(=O)O)C1. The summed E-state index contributed by atoms with van der Waals surface area (Å²) in [5.41, 5.74) is -0.104. The average Bonchev–Trinajstić information content (AvgIpc) is 2.34. The molecule has 0 unspecified atom stereocenters. The van der Waals surface area contributed by atoms with Gasteiger partial charge in [0.05, 0.1) is 13.0 Å². The van der Waals surface area contributed by atoms with Gasteiger partial charge in [0.2, 0.25) is 0 Å². The van der Waals surface area contributed by atoms with E-state index in [1.807, 2.05) is 0 Å². The van der Waals surface area contributed by atoms with Gasteiger partial charge < -0.3 is 19.8 Å². The minimum Gasteiger partial charge on any atom is -0.481 e. The third-order valence-corrected chi connectivity index (χ3v) is 3.55. The van der Waals surface area contributed by atoms with Crippen molar-refractivity contribution >= 4 is 5.97 Å². The molecule has 1 atom stereocenters. The van der Waals surface area contributed by atoms with Crippen LogP contribution in [-0.4, -0.2) is 61.0 Å². The van der Waals surface area contributed by atoms with E-state index in [1.165, 1.54) is 0 Å². The van der Waals surface area contributed by atoms with Crippen molar-refractivity contribution in [3.8, 4) is 0 Å². The number of methoxy groups -OCH3 is 1. The predicted molar refractivity (Wildman–Crippen MR) is 63.9 cm³/mol. The van der Waals surface area contributed by atoms with Crippen LogP contribution in [0.25, 0.3) is 0 Å². The van der Waals surface area contributed by atoms with Crippen molar-refractivity contribution < 1.29 is 19.7 Å². The molecule has 0 aromatic heterocycles. The van der Waals surface area contributed by atoms with E-state index in [2.05, 4.69) is 4.90 Å². The van der Waals surface area contributed by atoms with Crippen molar-refractivity contribution in [2.24, 2.45) is 5.41 Å². The highest BCUT2D eigenvalue weighted by molar-refractivity contribution is 5.66. The normalized spacial score (nSPS) is 26.0. The summed E-state index contributed by atoms with van der Waals surface area (Å²) < 4.78 is 5.08. The molecule has 2 N–H and O–H groups in total. The highest BCUT2D eigenvalue weighted by atomic mass is 16.5. The van der Waals surface area contributed by atoms with Crippen LogP contribution >= 0.6 is 0 Å². The lowest BCUT2D eigenvalue weighted by Crippen LogP contribution is -2.46. The van der Waals surface area contributed by atoms with Gasteiger partial charge in [-0.3, -0.25) is 4.79 Å². The Balaban J connectivity index is 2.46. The van der Waals surface area contributed by atoms with E-state index in [-0.39, 0.29) is 18.4 Å². The summed E-state index contributed by atoms with van der Waals surface area (Å²) in [4.78, 5) is 12.7. The lowest BCUT2D eigenvalue weighted by Gasteiger charge is -2.41. The zero-order valence-electron chi connectivity index (χ0n) is 10.5. The summed E-state index contributed by atoms with van der Waals surface area (Å²) in [6.45, 7) is 3.08. The number of aliphatic hydroxyl groups is 1. The Kier molecular flexibility index (Phi) is 5.88. The van der Waals surface area contributed by atoms with Crippen LogP contribution < -0.4 is 0 Å². The van der Waals surface area contributed by atoms with Crippen molar-refractivity contribution in [1.82, 2.24) is 4.90 Å². The second kappa shape index (κ2) is 6.93. The van der Waals surface area contributed by atoms with Gasteiger partial charge in [-0.25, -0.2) is 0 Å². The molecule has 0 aromatic rings. The third-order valence-electron chi connectivity index (χ3n) is 3.55. The van der Waals surface area contributed by atoms with Crippen LogP contribution in [0.5, 0.6) is 0 Å². The van der Waals surface area contributed by atoms with Gasteiger partial charge in [0.15, 0.2) is 0 Å². The largest absolute Gasteiger partial charge is 0.481 e. The molecule has 0 amide bonds. The summed E-state index contributed by atoms with van der Waals surface area (Å²) in [6.07, 6.45) is 3.02. The Labute approximate surface area is 102 Å². The molecule has 1 fully saturated rings. The number of aliphatic hydroxyl groups excluding tert-OH is 1. The lowest BCUT2D eigenvalue weighted by molar-refractivity contribution is -0.137. The third kappa shape index (κ3) is 4.61. The molecule has 1 aliphatic heterocycles. The van der Waals surface area contributed by atoms with Crippen LogP contribution in [0, 0.1) is 5.41 Å². The first kappa shape index (κ1) is 14.4. The molecule has 0 saturated carbocycles. The monoisotopic (exact) mass is 245 g/mol. The molecule has 0 aromatic carbocycles. The molecule has 1 heterocycles. The summed E-state index contributed by atoms with van der Waals surface area (Å²) >= 11 is 0. The van der Waals surface area contributed by atoms with Gasteiger partial charge in [0.25, 0.3) is 0 Å². The molecular weight excluding hydrogens is 222 g/mol. The predicted octanol–water partition coefficient (Wildman–Crippen LogP) is 0.572. The van der Waals surface area contributed by atoms with E-state index in [0.717, 1.165) is 32.4 Å². The van der Waals surface area contributed by atoms with E-state index < -0.39 is 5.97 Å². The van der Waals surface area contributed by atoms with E-state index in [0.29, 0.717) is 13.2 Å². The zero-order valence-corrected chi connectivity index (χ0v) is 10.5. The summed E-state index contributed by atoms with van der Waals surface area (Å²) in [5, 5.41) is 18.2. The van der Waals surface area contributed by atoms with E-state index in [9.17, 15) is 9.90 Å². The van der Waals surface area contributed by atoms with Crippen LogP contribution in [0.15, 0.2) is 0 Å². The molecular formula is C12H23NO4. The fraction of sp³-hybridized carbons (Fsp3) is 0.917. The number of carboxylic acid groups (broad SMARTS) is 1. The Morgan fingerprint density at radius 3 is 2.88 bits per heavy atom. The molecule has 1 aliphatic rings. The first-order valence-electron chi connectivity index (χ1n) is 6.16. The quantitative estimate of drug-likeness (QED) is 0.686. The van der Waals surface area contributed by atoms with Crippen molar-refractivity contribution in [2.75, 3.05) is 40.0 Å². The molecule has 5 heteroatoms. The fourth-order valence-electron chi connectivity index (χ4n) is 2.49. The number of hydrogen-bond acceptors (Lipinski definition) is 4. The van der Waals surface area contributed by atoms with Crippen LogP contribution in [0.4, 0.5) is 0 Å². The van der Waals surface area contributed by atoms with Crippen LogP contribution in [-0.2, 0) is 9.53 Å². The molecule has 1 rings (SSSR count). The number of rotatable bonds is 7. The van der Waals surface area contributed by atoms with Crippen molar-refractivity contribution in [3.63, 3.8) is 0 Å². The topological polar surface area (TPSA) is 70.0 Å². The minimum atomic E-state index is -0.762. The van der Waals surface area contributed by atoms with E-state index in [1.54, 1.807) is 7.11 Å². The molecule has 17 heavy (non-hydrogen) atoms. The maximum atomic E-state index is 10.5. The van der Waals surface area contributed by atoms with Gasteiger partial charge in [-0.2, -0.15) is 0 Å². The summed E-state index contributed by atoms with van der Waals surface area (Å²) in [7, 11) is 1.66. The average molecular weight is 245 g/mol. The van der Waals surface area contributed by atoms with Gasteiger partial charge in [-0.15, -0.1) is 0 Å². The number of likely N-dealkylation sites (tertiary alicyclic amines) is 1. The molecule has 0 aliphatic carbocycles. The highest BCUT2D eigenvalue weighted by Gasteiger charge is 2.34. The lowest BCUT2D eigenvalue weighted by atomic mass is 9.78. The first-order valence-corrected chi connectivity index (χ1v) is 6.16. The van der Waals surface area contributed by atoms with Crippen LogP contribution in [0.2, 0.25) is 0 Å². The number of hydrogen-bond donors (Lipinski definition) is 2. The van der Waals surface area contributed by atoms with E-state index in [4.69, 9.17) is 9.84 Å². The Morgan fingerprint density at radius 2 is 2.29 bits per heavy atom. The van der Waals surface area contributed by atoms with Crippen molar-refractivity contribution in [1.29, 1.82) is 0 Å². The van der Waals surface area contributed by atoms with Crippen LogP contribution in [0.3, 0.4) is 0 Å². The standard InChI is InChI=1S/C12H23NO4/c1-17-8-5-12(10-14)4-2-6-13(9-12)7-3-11(15)16/h14H,2-10H2,1H3,(H,15,16)/t12-/m0/s1. The summed E-state index contributed by atoms with van der Waals surface area (Å²) in [6, 6.07) is 0. The van der Waals surface area contributed by atoms with E-state index >= 15 is 0 Å². The Morgan fingerprint density at radius 1 is 1.53 bits per heavy atom. The van der Waals surface area contributed by atoms with Crippen molar-refractivity contribution in [3.05, 3.63) is 0 Å². The maximum absolute atomic E-state index is 10.5. The fourth-order valence-corrected chi connectivity index (χ4v) is 2.49. The van der Waals surface area contributed by atoms with Gasteiger partial charge in [0.1, 0.15) is 0 Å². The number of aliphatic carboxylic acids is 1. The van der Waals surface area contributed by atoms with Gasteiger partial charge >= 0.3 is 5.97 Å². The molecule has 0 radical (unpaired) electrons. The van der Waals surface area contributed by atoms with Crippen molar-refractivity contribution in [2.45, 2.75) is 25.7 Å². The molecule has 100 valence electrons. The maximum Gasteiger partial charge on any atom is 0.304 e. The number of piperidine rings is 1. The Bertz CT molecular complexity index is 247. The van der Waals surface area contributed by atoms with Gasteiger partial charge in [-0.05, 0) is 25.8 Å². The molecule has 1 saturated heterocycles. The molecule has 5 nitrogen and oxygen atoms in total. The first-order chi connectivity index (χ1) is 8.12. The number of nitrogens with zero attached hydrogens (tertiary/aromatic N) is 1. The van der Waals surface area contributed by atoms with Gasteiger partial charge in [-0.1, -0.05) is 0 Å². The number of ether oxygens (including phenoxy) is 1.